The van der Waals surface area contributed by atoms with Crippen molar-refractivity contribution in [1.82, 2.24) is 9.88 Å². The summed E-state index contributed by atoms with van der Waals surface area (Å²) in [6.07, 6.45) is 0.608. The third kappa shape index (κ3) is 3.90. The van der Waals surface area contributed by atoms with Crippen LogP contribution in [0.3, 0.4) is 0 Å². The number of halogens is 3. The number of hydrogen-bond donors (Lipinski definition) is 2. The Kier molecular flexibility index (Phi) is 5.51. The molecular formula is C20H24ClF2N3O3. The number of hydrogen-bond acceptors (Lipinski definition) is 3. The summed E-state index contributed by atoms with van der Waals surface area (Å²) in [5.41, 5.74) is 4.64. The maximum Gasteiger partial charge on any atom is 0.410 e. The van der Waals surface area contributed by atoms with Gasteiger partial charge >= 0.3 is 6.09 Å². The second kappa shape index (κ2) is 7.48. The van der Waals surface area contributed by atoms with E-state index in [1.807, 2.05) is 0 Å². The Hall–Kier alpha value is -2.35. The third-order valence-electron chi connectivity index (χ3n) is 5.01. The Balaban J connectivity index is 2.10. The van der Waals surface area contributed by atoms with Crippen LogP contribution < -0.4 is 5.73 Å². The van der Waals surface area contributed by atoms with Gasteiger partial charge in [0.1, 0.15) is 11.2 Å². The molecule has 2 aromatic rings. The molecule has 158 valence electrons. The number of fused-ring (bicyclic) bond motifs is 1. The fourth-order valence-electron chi connectivity index (χ4n) is 3.81. The van der Waals surface area contributed by atoms with Crippen LogP contribution in [0.25, 0.3) is 10.9 Å². The van der Waals surface area contributed by atoms with E-state index in [1.54, 1.807) is 27.7 Å². The van der Waals surface area contributed by atoms with Gasteiger partial charge < -0.3 is 20.4 Å². The number of amides is 2. The first kappa shape index (κ1) is 21.4. The molecule has 1 aromatic carbocycles. The van der Waals surface area contributed by atoms with E-state index in [0.29, 0.717) is 25.1 Å². The number of nitrogens with two attached hydrogens (primary N) is 1. The molecule has 3 N–H and O–H groups in total. The van der Waals surface area contributed by atoms with Gasteiger partial charge in [-0.15, -0.1) is 0 Å². The summed E-state index contributed by atoms with van der Waals surface area (Å²) >= 11 is 6.38. The van der Waals surface area contributed by atoms with E-state index in [-0.39, 0.29) is 28.0 Å². The smallest absolute Gasteiger partial charge is 0.410 e. The lowest BCUT2D eigenvalue weighted by molar-refractivity contribution is 0.0197. The van der Waals surface area contributed by atoms with Crippen LogP contribution in [0, 0.1) is 18.6 Å². The molecule has 29 heavy (non-hydrogen) atoms. The summed E-state index contributed by atoms with van der Waals surface area (Å²) < 4.78 is 35.3. The molecule has 1 aliphatic rings. The largest absolute Gasteiger partial charge is 0.444 e. The van der Waals surface area contributed by atoms with Crippen LogP contribution in [0.15, 0.2) is 0 Å². The molecule has 2 amide bonds. The van der Waals surface area contributed by atoms with Gasteiger partial charge in [-0.3, -0.25) is 4.79 Å². The van der Waals surface area contributed by atoms with Gasteiger partial charge in [0.25, 0.3) is 5.91 Å². The van der Waals surface area contributed by atoms with Crippen LogP contribution in [0.5, 0.6) is 0 Å². The molecule has 6 nitrogen and oxygen atoms in total. The second-order valence-electron chi connectivity index (χ2n) is 8.36. The molecule has 0 bridgehead atoms. The number of primary amides is 1. The Morgan fingerprint density at radius 3 is 2.52 bits per heavy atom. The number of carbonyl (C=O) groups excluding carboxylic acids is 2. The number of rotatable bonds is 2. The van der Waals surface area contributed by atoms with Crippen molar-refractivity contribution < 1.29 is 23.1 Å². The predicted octanol–water partition coefficient (Wildman–Crippen LogP) is 4.62. The molecule has 0 aliphatic carbocycles. The summed E-state index contributed by atoms with van der Waals surface area (Å²) in [5.74, 6) is -4.08. The molecule has 1 atom stereocenters. The van der Waals surface area contributed by atoms with Crippen LogP contribution in [0.2, 0.25) is 5.02 Å². The van der Waals surface area contributed by atoms with E-state index in [4.69, 9.17) is 22.1 Å². The van der Waals surface area contributed by atoms with Gasteiger partial charge in [0.2, 0.25) is 0 Å². The van der Waals surface area contributed by atoms with Gasteiger partial charge in [-0.2, -0.15) is 0 Å². The molecule has 0 spiro atoms. The van der Waals surface area contributed by atoms with Crippen molar-refractivity contribution in [3.8, 4) is 0 Å². The first-order valence-corrected chi connectivity index (χ1v) is 9.76. The minimum absolute atomic E-state index is 0.0464. The zero-order valence-electron chi connectivity index (χ0n) is 16.8. The lowest BCUT2D eigenvalue weighted by atomic mass is 9.87. The number of piperidine rings is 1. The van der Waals surface area contributed by atoms with Crippen LogP contribution in [0.4, 0.5) is 13.6 Å². The Morgan fingerprint density at radius 2 is 1.93 bits per heavy atom. The second-order valence-corrected chi connectivity index (χ2v) is 8.74. The van der Waals surface area contributed by atoms with E-state index in [0.717, 1.165) is 0 Å². The third-order valence-corrected chi connectivity index (χ3v) is 5.48. The molecule has 1 aliphatic heterocycles. The molecule has 0 radical (unpaired) electrons. The number of aromatic amines is 1. The molecule has 1 aromatic heterocycles. The molecule has 9 heteroatoms. The van der Waals surface area contributed by atoms with Crippen LogP contribution >= 0.6 is 11.6 Å². The number of aromatic nitrogens is 1. The number of nitrogens with one attached hydrogen (secondary N) is 1. The van der Waals surface area contributed by atoms with E-state index in [9.17, 15) is 14.0 Å². The minimum Gasteiger partial charge on any atom is -0.444 e. The molecular weight excluding hydrogens is 404 g/mol. The monoisotopic (exact) mass is 427 g/mol. The molecule has 3 rings (SSSR count). The molecule has 1 unspecified atom stereocenters. The zero-order valence-corrected chi connectivity index (χ0v) is 17.5. The van der Waals surface area contributed by atoms with Crippen molar-refractivity contribution in [2.75, 3.05) is 13.1 Å². The SMILES string of the molecule is Cc1[nH]c2c(C(N)=O)c(F)c(F)c(C3CCCN(C(=O)OC(C)(C)C)C3)c2c1Cl. The maximum absolute atomic E-state index is 15.1. The summed E-state index contributed by atoms with van der Waals surface area (Å²) in [7, 11) is 0. The lowest BCUT2D eigenvalue weighted by Gasteiger charge is -2.34. The van der Waals surface area contributed by atoms with Crippen molar-refractivity contribution in [2.24, 2.45) is 5.73 Å². The normalized spacial score (nSPS) is 17.6. The predicted molar refractivity (Wildman–Crippen MR) is 106 cm³/mol. The van der Waals surface area contributed by atoms with Crippen molar-refractivity contribution in [2.45, 2.75) is 52.1 Å². The quantitative estimate of drug-likeness (QED) is 0.732. The van der Waals surface area contributed by atoms with Crippen LogP contribution in [-0.2, 0) is 4.74 Å². The van der Waals surface area contributed by atoms with E-state index < -0.39 is 40.7 Å². The van der Waals surface area contributed by atoms with Gasteiger partial charge in [0, 0.05) is 35.7 Å². The highest BCUT2D eigenvalue weighted by molar-refractivity contribution is 6.37. The Labute approximate surface area is 172 Å². The standard InChI is InChI=1S/C20H24ClF2N3O3/c1-9-14(21)12-11(15(22)16(23)13(18(24)27)17(12)25-9)10-6-5-7-26(8-10)19(28)29-20(2,3)4/h10,25H,5-8H2,1-4H3,(H2,24,27). The minimum atomic E-state index is -1.31. The van der Waals surface area contributed by atoms with Crippen molar-refractivity contribution in [3.05, 3.63) is 33.5 Å². The highest BCUT2D eigenvalue weighted by Crippen LogP contribution is 2.41. The fourth-order valence-corrected chi connectivity index (χ4v) is 4.05. The van der Waals surface area contributed by atoms with E-state index in [2.05, 4.69) is 4.98 Å². The Morgan fingerprint density at radius 1 is 1.28 bits per heavy atom. The number of benzene rings is 1. The number of likely N-dealkylation sites (tertiary alicyclic amines) is 1. The van der Waals surface area contributed by atoms with Gasteiger partial charge in [0.05, 0.1) is 10.5 Å². The highest BCUT2D eigenvalue weighted by atomic mass is 35.5. The highest BCUT2D eigenvalue weighted by Gasteiger charge is 2.34. The van der Waals surface area contributed by atoms with E-state index >= 15 is 4.39 Å². The summed E-state index contributed by atoms with van der Waals surface area (Å²) in [4.78, 5) is 28.5. The average Bonchev–Trinajstić information content (AvgIpc) is 2.89. The molecule has 1 fully saturated rings. The fraction of sp³-hybridized carbons (Fsp3) is 0.500. The zero-order chi connectivity index (χ0) is 21.7. The summed E-state index contributed by atoms with van der Waals surface area (Å²) in [6.45, 7) is 7.52. The van der Waals surface area contributed by atoms with Gasteiger partial charge in [-0.1, -0.05) is 11.6 Å². The van der Waals surface area contributed by atoms with Crippen LogP contribution in [0.1, 0.15) is 61.1 Å². The van der Waals surface area contributed by atoms with Crippen molar-refractivity contribution >= 4 is 34.5 Å². The topological polar surface area (TPSA) is 88.4 Å². The Bertz CT molecular complexity index is 997. The van der Waals surface area contributed by atoms with Crippen molar-refractivity contribution in [1.29, 1.82) is 0 Å². The summed E-state index contributed by atoms with van der Waals surface area (Å²) in [6, 6.07) is 0. The maximum atomic E-state index is 15.1. The summed E-state index contributed by atoms with van der Waals surface area (Å²) in [5, 5.41) is 0.429. The number of ether oxygens (including phenoxy) is 1. The lowest BCUT2D eigenvalue weighted by Crippen LogP contribution is -2.42. The molecule has 0 saturated carbocycles. The first-order valence-electron chi connectivity index (χ1n) is 9.38. The number of carbonyl (C=O) groups is 2. The van der Waals surface area contributed by atoms with E-state index in [1.165, 1.54) is 4.90 Å². The number of H-pyrrole nitrogens is 1. The first-order chi connectivity index (χ1) is 13.4. The molecule has 2 heterocycles. The number of aryl methyl sites for hydroxylation is 1. The number of nitrogens with zero attached hydrogens (tertiary/aromatic N) is 1. The van der Waals surface area contributed by atoms with Gasteiger partial charge in [-0.05, 0) is 40.5 Å². The van der Waals surface area contributed by atoms with Crippen molar-refractivity contribution in [3.63, 3.8) is 0 Å². The molecule has 1 saturated heterocycles. The average molecular weight is 428 g/mol. The van der Waals surface area contributed by atoms with Gasteiger partial charge in [-0.25, -0.2) is 13.6 Å². The van der Waals surface area contributed by atoms with Crippen LogP contribution in [-0.4, -0.2) is 40.6 Å². The van der Waals surface area contributed by atoms with Gasteiger partial charge in [0.15, 0.2) is 11.6 Å².